The van der Waals surface area contributed by atoms with E-state index in [1.165, 1.54) is 38.2 Å². The topological polar surface area (TPSA) is 247 Å². The number of nitrogens with one attached hydrogen (secondary N) is 5. The predicted octanol–water partition coefficient (Wildman–Crippen LogP) is 2.02. The van der Waals surface area contributed by atoms with Crippen molar-refractivity contribution in [1.29, 1.82) is 0 Å². The minimum absolute atomic E-state index is 0.0154. The Morgan fingerprint density at radius 2 is 1.43 bits per heavy atom. The van der Waals surface area contributed by atoms with Gasteiger partial charge < -0.3 is 46.9 Å². The number of rotatable bonds is 21. The van der Waals surface area contributed by atoms with Crippen LogP contribution in [0.5, 0.6) is 0 Å². The van der Waals surface area contributed by atoms with Crippen LogP contribution in [0.25, 0.3) is 11.1 Å². The average molecular weight is 902 g/mol. The highest BCUT2D eigenvalue weighted by Gasteiger charge is 2.38. The van der Waals surface area contributed by atoms with Gasteiger partial charge in [-0.15, -0.1) is 0 Å². The zero-order valence-corrected chi connectivity index (χ0v) is 37.2. The van der Waals surface area contributed by atoms with E-state index in [1.807, 2.05) is 55.7 Å². The molecule has 0 radical (unpaired) electrons. The molecule has 2 aromatic heterocycles. The van der Waals surface area contributed by atoms with Crippen LogP contribution in [0, 0.1) is 17.0 Å². The van der Waals surface area contributed by atoms with Crippen LogP contribution in [-0.4, -0.2) is 105 Å². The second kappa shape index (κ2) is 23.1. The largest absolute Gasteiger partial charge is 0.387 e. The van der Waals surface area contributed by atoms with Crippen molar-refractivity contribution in [1.82, 2.24) is 41.0 Å². The maximum Gasteiger partial charge on any atom is 0.248 e. The van der Waals surface area contributed by atoms with Crippen LogP contribution in [0.2, 0.25) is 0 Å². The van der Waals surface area contributed by atoms with Gasteiger partial charge in [-0.25, -0.2) is 8.78 Å². The molecule has 0 bridgehead atoms. The van der Waals surface area contributed by atoms with E-state index in [0.29, 0.717) is 16.8 Å². The Hall–Kier alpha value is -7.02. The summed E-state index contributed by atoms with van der Waals surface area (Å²) in [6.45, 7) is 7.34. The molecule has 2 heterocycles. The van der Waals surface area contributed by atoms with Gasteiger partial charge >= 0.3 is 0 Å². The molecule has 7 amide bonds. The summed E-state index contributed by atoms with van der Waals surface area (Å²) in [5, 5.41) is 22.7. The SMILES string of the molecule is CNC(=O)[C@H](CCN(C(=O)CO)[C@@H](c1cc(-c2cc(F)ccc2F)cn1Cc1ccccc1)C(C)(C)C)NC(=O)[C@H](CC(N)=O)NC(=O)[C@@H](C)NC(=O)[C@H](C)NC(=O)Cc1ccncc1. The minimum atomic E-state index is -1.62. The van der Waals surface area contributed by atoms with Gasteiger partial charge in [-0.1, -0.05) is 51.1 Å². The molecule has 0 aliphatic heterocycles. The Morgan fingerprint density at radius 1 is 0.800 bits per heavy atom. The van der Waals surface area contributed by atoms with E-state index in [4.69, 9.17) is 5.73 Å². The molecule has 17 nitrogen and oxygen atoms in total. The van der Waals surface area contributed by atoms with E-state index in [0.717, 1.165) is 23.8 Å². The lowest BCUT2D eigenvalue weighted by atomic mass is 9.82. The standard InChI is InChI=1S/C46H57F2N9O8/c1-27(52-39(60)20-29-14-17-51-18-15-29)42(62)53-28(2)43(63)55-36(23-38(49)59)45(65)54-35(44(64)50-6)16-19-57(40(61)26-58)41(46(3,4)5)37-21-31(33-22-32(47)12-13-34(33)48)25-56(37)24-30-10-8-7-9-11-30/h7-15,17-18,21-22,25,27-28,35-36,41,58H,16,19-20,23-24,26H2,1-6H3,(H2,49,59)(H,50,64)(H,52,60)(H,53,62)(H,54,65)(H,55,63)/t27-,28+,35-,36-,41-/m0/s1. The molecule has 19 heteroatoms. The zero-order valence-electron chi connectivity index (χ0n) is 37.2. The summed E-state index contributed by atoms with van der Waals surface area (Å²) in [4.78, 5) is 97.0. The number of aliphatic hydroxyl groups is 1. The normalized spacial score (nSPS) is 13.6. The highest BCUT2D eigenvalue weighted by Crippen LogP contribution is 2.41. The van der Waals surface area contributed by atoms with Gasteiger partial charge in [-0.3, -0.25) is 38.5 Å². The van der Waals surface area contributed by atoms with Crippen LogP contribution in [-0.2, 0) is 46.5 Å². The van der Waals surface area contributed by atoms with Crippen LogP contribution < -0.4 is 32.3 Å². The van der Waals surface area contributed by atoms with E-state index in [-0.39, 0.29) is 31.5 Å². The quantitative estimate of drug-likeness (QED) is 0.0646. The summed E-state index contributed by atoms with van der Waals surface area (Å²) < 4.78 is 31.5. The second-order valence-corrected chi connectivity index (χ2v) is 16.7. The molecule has 65 heavy (non-hydrogen) atoms. The first kappa shape index (κ1) is 50.6. The highest BCUT2D eigenvalue weighted by atomic mass is 19.1. The van der Waals surface area contributed by atoms with Gasteiger partial charge in [0.15, 0.2) is 0 Å². The molecule has 0 spiro atoms. The first-order valence-corrected chi connectivity index (χ1v) is 20.9. The Kier molecular flexibility index (Phi) is 18.0. The molecule has 0 fully saturated rings. The van der Waals surface area contributed by atoms with E-state index >= 15 is 4.39 Å². The summed E-state index contributed by atoms with van der Waals surface area (Å²) in [6, 6.07) is 11.1. The van der Waals surface area contributed by atoms with Crippen molar-refractivity contribution in [3.8, 4) is 11.1 Å². The number of halogens is 2. The Bertz CT molecular complexity index is 2320. The molecular formula is C46H57F2N9O8. The number of pyridine rings is 1. The number of aliphatic hydroxyl groups excluding tert-OH is 1. The van der Waals surface area contributed by atoms with Gasteiger partial charge in [0, 0.05) is 55.5 Å². The smallest absolute Gasteiger partial charge is 0.248 e. The van der Waals surface area contributed by atoms with Gasteiger partial charge in [0.25, 0.3) is 0 Å². The van der Waals surface area contributed by atoms with Crippen molar-refractivity contribution in [3.05, 3.63) is 114 Å². The number of primary amides is 1. The lowest BCUT2D eigenvalue weighted by Gasteiger charge is -2.41. The van der Waals surface area contributed by atoms with Gasteiger partial charge in [0.2, 0.25) is 41.4 Å². The third kappa shape index (κ3) is 14.5. The van der Waals surface area contributed by atoms with Crippen LogP contribution in [0.1, 0.15) is 70.3 Å². The molecule has 0 aliphatic rings. The van der Waals surface area contributed by atoms with E-state index in [9.17, 15) is 43.1 Å². The average Bonchev–Trinajstić information content (AvgIpc) is 3.66. The van der Waals surface area contributed by atoms with Crippen LogP contribution in [0.3, 0.4) is 0 Å². The Balaban J connectivity index is 1.56. The molecule has 8 N–H and O–H groups in total. The van der Waals surface area contributed by atoms with E-state index in [1.54, 1.807) is 24.4 Å². The zero-order chi connectivity index (χ0) is 48.0. The van der Waals surface area contributed by atoms with Crippen molar-refractivity contribution < 1.29 is 47.4 Å². The number of likely N-dealkylation sites (N-methyl/N-ethyl adjacent to an activating group) is 1. The summed E-state index contributed by atoms with van der Waals surface area (Å²) in [5.74, 6) is -6.82. The van der Waals surface area contributed by atoms with Crippen molar-refractivity contribution in [2.24, 2.45) is 11.1 Å². The van der Waals surface area contributed by atoms with Gasteiger partial charge in [-0.2, -0.15) is 0 Å². The van der Waals surface area contributed by atoms with Crippen molar-refractivity contribution >= 4 is 41.4 Å². The van der Waals surface area contributed by atoms with Crippen molar-refractivity contribution in [2.45, 2.75) is 90.6 Å². The number of carbonyl (C=O) groups is 7. The summed E-state index contributed by atoms with van der Waals surface area (Å²) in [7, 11) is 1.31. The number of hydrogen-bond acceptors (Lipinski definition) is 9. The summed E-state index contributed by atoms with van der Waals surface area (Å²) in [5.41, 5.74) is 6.97. The van der Waals surface area contributed by atoms with E-state index in [2.05, 4.69) is 31.6 Å². The fraction of sp³-hybridized carbons (Fsp3) is 0.391. The van der Waals surface area contributed by atoms with Crippen LogP contribution >= 0.6 is 0 Å². The molecule has 5 atom stereocenters. The molecule has 0 saturated heterocycles. The number of benzene rings is 2. The molecule has 0 unspecified atom stereocenters. The number of nitrogens with zero attached hydrogens (tertiary/aromatic N) is 3. The van der Waals surface area contributed by atoms with E-state index < -0.39 is 102 Å². The summed E-state index contributed by atoms with van der Waals surface area (Å²) >= 11 is 0. The molecule has 348 valence electrons. The lowest BCUT2D eigenvalue weighted by molar-refractivity contribution is -0.140. The molecule has 2 aromatic carbocycles. The third-order valence-corrected chi connectivity index (χ3v) is 10.4. The number of hydrogen-bond donors (Lipinski definition) is 7. The fourth-order valence-corrected chi connectivity index (χ4v) is 7.24. The Labute approximate surface area is 375 Å². The number of carbonyl (C=O) groups excluding carboxylic acids is 7. The van der Waals surface area contributed by atoms with Gasteiger partial charge in [-0.05, 0) is 73.2 Å². The first-order chi connectivity index (χ1) is 30.7. The van der Waals surface area contributed by atoms with Crippen LogP contribution in [0.4, 0.5) is 8.78 Å². The number of nitrogens with two attached hydrogens (primary N) is 1. The third-order valence-electron chi connectivity index (χ3n) is 10.4. The molecule has 0 aliphatic carbocycles. The van der Waals surface area contributed by atoms with Crippen molar-refractivity contribution in [3.63, 3.8) is 0 Å². The molecule has 4 aromatic rings. The van der Waals surface area contributed by atoms with Gasteiger partial charge in [0.05, 0.1) is 18.9 Å². The molecule has 4 rings (SSSR count). The van der Waals surface area contributed by atoms with Gasteiger partial charge in [0.1, 0.15) is 42.4 Å². The number of amides is 7. The predicted molar refractivity (Wildman–Crippen MR) is 236 cm³/mol. The second-order valence-electron chi connectivity index (χ2n) is 16.7. The fourth-order valence-electron chi connectivity index (χ4n) is 7.24. The molecule has 0 saturated carbocycles. The maximum absolute atomic E-state index is 15.2. The lowest BCUT2D eigenvalue weighted by Crippen LogP contribution is -2.58. The number of aromatic nitrogens is 2. The van der Waals surface area contributed by atoms with Crippen molar-refractivity contribution in [2.75, 3.05) is 20.2 Å². The maximum atomic E-state index is 15.2. The molecular weight excluding hydrogens is 845 g/mol. The monoisotopic (exact) mass is 901 g/mol. The Morgan fingerprint density at radius 3 is 2.05 bits per heavy atom. The highest BCUT2D eigenvalue weighted by molar-refractivity contribution is 5.97. The first-order valence-electron chi connectivity index (χ1n) is 20.9. The minimum Gasteiger partial charge on any atom is -0.387 e. The van der Waals surface area contributed by atoms with Crippen LogP contribution in [0.15, 0.2) is 85.3 Å². The summed E-state index contributed by atoms with van der Waals surface area (Å²) in [6.07, 6.45) is 3.73.